The van der Waals surface area contributed by atoms with E-state index in [0.717, 1.165) is 44.5 Å². The molecule has 5 heteroatoms. The standard InChI is InChI=1S/C22H31N5/c1-3-19-8-4-5-12-27(19)21-10-11-23-22(24-21)26-15-13-25(14-16-26)20-9-6-7-18(2)17-20/h6-7,9-11,17,19H,3-5,8,12-16H2,1-2H3. The summed E-state index contributed by atoms with van der Waals surface area (Å²) in [5, 5.41) is 0. The average molecular weight is 366 g/mol. The Kier molecular flexibility index (Phi) is 5.46. The van der Waals surface area contributed by atoms with Gasteiger partial charge in [0, 0.05) is 50.6 Å². The van der Waals surface area contributed by atoms with Crippen molar-refractivity contribution >= 4 is 17.5 Å². The third kappa shape index (κ3) is 4.02. The lowest BCUT2D eigenvalue weighted by atomic mass is 10.0. The smallest absolute Gasteiger partial charge is 0.227 e. The minimum Gasteiger partial charge on any atom is -0.368 e. The molecule has 2 saturated heterocycles. The maximum Gasteiger partial charge on any atom is 0.227 e. The van der Waals surface area contributed by atoms with Crippen molar-refractivity contribution in [1.29, 1.82) is 0 Å². The van der Waals surface area contributed by atoms with Crippen molar-refractivity contribution in [3.8, 4) is 0 Å². The van der Waals surface area contributed by atoms with Crippen molar-refractivity contribution in [3.05, 3.63) is 42.1 Å². The molecule has 0 N–H and O–H groups in total. The summed E-state index contributed by atoms with van der Waals surface area (Å²) in [5.41, 5.74) is 2.64. The van der Waals surface area contributed by atoms with Crippen LogP contribution in [0.3, 0.4) is 0 Å². The number of hydrogen-bond acceptors (Lipinski definition) is 5. The van der Waals surface area contributed by atoms with E-state index in [1.807, 2.05) is 6.20 Å². The minimum absolute atomic E-state index is 0.625. The van der Waals surface area contributed by atoms with Crippen molar-refractivity contribution in [2.75, 3.05) is 47.4 Å². The van der Waals surface area contributed by atoms with Crippen molar-refractivity contribution in [3.63, 3.8) is 0 Å². The van der Waals surface area contributed by atoms with Gasteiger partial charge in [-0.25, -0.2) is 4.98 Å². The van der Waals surface area contributed by atoms with Gasteiger partial charge in [0.2, 0.25) is 5.95 Å². The second kappa shape index (κ2) is 8.15. The van der Waals surface area contributed by atoms with Crippen molar-refractivity contribution in [2.45, 2.75) is 45.6 Å². The molecular weight excluding hydrogens is 334 g/mol. The van der Waals surface area contributed by atoms with Gasteiger partial charge < -0.3 is 14.7 Å². The van der Waals surface area contributed by atoms with Gasteiger partial charge in [-0.05, 0) is 56.4 Å². The fourth-order valence-corrected chi connectivity index (χ4v) is 4.37. The highest BCUT2D eigenvalue weighted by atomic mass is 15.3. The molecule has 1 unspecified atom stereocenters. The summed E-state index contributed by atoms with van der Waals surface area (Å²) < 4.78 is 0. The molecule has 27 heavy (non-hydrogen) atoms. The number of anilines is 3. The van der Waals surface area contributed by atoms with E-state index < -0.39 is 0 Å². The molecule has 4 rings (SSSR count). The van der Waals surface area contributed by atoms with Crippen LogP contribution >= 0.6 is 0 Å². The fourth-order valence-electron chi connectivity index (χ4n) is 4.37. The van der Waals surface area contributed by atoms with Gasteiger partial charge in [-0.3, -0.25) is 0 Å². The van der Waals surface area contributed by atoms with E-state index >= 15 is 0 Å². The van der Waals surface area contributed by atoms with Gasteiger partial charge in [-0.15, -0.1) is 0 Å². The number of piperidine rings is 1. The van der Waals surface area contributed by atoms with Crippen LogP contribution in [0.1, 0.15) is 38.2 Å². The first kappa shape index (κ1) is 18.1. The fraction of sp³-hybridized carbons (Fsp3) is 0.545. The van der Waals surface area contributed by atoms with E-state index in [1.165, 1.54) is 36.9 Å². The van der Waals surface area contributed by atoms with Crippen LogP contribution < -0.4 is 14.7 Å². The first-order valence-electron chi connectivity index (χ1n) is 10.4. The van der Waals surface area contributed by atoms with Gasteiger partial charge >= 0.3 is 0 Å². The van der Waals surface area contributed by atoms with Gasteiger partial charge in [-0.2, -0.15) is 4.98 Å². The van der Waals surface area contributed by atoms with Crippen LogP contribution in [0.5, 0.6) is 0 Å². The molecule has 3 heterocycles. The highest BCUT2D eigenvalue weighted by Gasteiger charge is 2.24. The molecule has 144 valence electrons. The number of aromatic nitrogens is 2. The van der Waals surface area contributed by atoms with E-state index in [2.05, 4.69) is 63.9 Å². The van der Waals surface area contributed by atoms with Gasteiger partial charge in [-0.1, -0.05) is 19.1 Å². The van der Waals surface area contributed by atoms with Crippen LogP contribution in [0.4, 0.5) is 17.5 Å². The number of nitrogens with zero attached hydrogens (tertiary/aromatic N) is 5. The second-order valence-electron chi connectivity index (χ2n) is 7.78. The largest absolute Gasteiger partial charge is 0.368 e. The lowest BCUT2D eigenvalue weighted by Gasteiger charge is -2.38. The first-order chi connectivity index (χ1) is 13.2. The van der Waals surface area contributed by atoms with Crippen molar-refractivity contribution in [1.82, 2.24) is 9.97 Å². The zero-order valence-corrected chi connectivity index (χ0v) is 16.6. The van der Waals surface area contributed by atoms with Crippen LogP contribution in [0, 0.1) is 6.92 Å². The Morgan fingerprint density at radius 2 is 1.81 bits per heavy atom. The molecule has 0 bridgehead atoms. The normalized spacial score (nSPS) is 20.8. The van der Waals surface area contributed by atoms with Crippen LogP contribution in [-0.2, 0) is 0 Å². The third-order valence-electron chi connectivity index (χ3n) is 5.95. The molecule has 2 fully saturated rings. The summed E-state index contributed by atoms with van der Waals surface area (Å²) in [5.74, 6) is 1.99. The zero-order valence-electron chi connectivity index (χ0n) is 16.6. The van der Waals surface area contributed by atoms with Gasteiger partial charge in [0.1, 0.15) is 5.82 Å². The molecule has 1 aromatic heterocycles. The monoisotopic (exact) mass is 365 g/mol. The lowest BCUT2D eigenvalue weighted by Crippen LogP contribution is -2.47. The van der Waals surface area contributed by atoms with Crippen LogP contribution in [0.25, 0.3) is 0 Å². The Balaban J connectivity index is 1.44. The Labute approximate surface area is 163 Å². The van der Waals surface area contributed by atoms with Gasteiger partial charge in [0.25, 0.3) is 0 Å². The highest BCUT2D eigenvalue weighted by Crippen LogP contribution is 2.26. The van der Waals surface area contributed by atoms with Crippen LogP contribution in [0.2, 0.25) is 0 Å². The number of hydrogen-bond donors (Lipinski definition) is 0. The molecule has 2 aliphatic heterocycles. The summed E-state index contributed by atoms with van der Waals surface area (Å²) in [6, 6.07) is 11.5. The topological polar surface area (TPSA) is 35.5 Å². The Morgan fingerprint density at radius 3 is 2.59 bits per heavy atom. The van der Waals surface area contributed by atoms with Crippen molar-refractivity contribution in [2.24, 2.45) is 0 Å². The summed E-state index contributed by atoms with van der Waals surface area (Å²) in [7, 11) is 0. The van der Waals surface area contributed by atoms with E-state index in [9.17, 15) is 0 Å². The number of rotatable bonds is 4. The maximum absolute atomic E-state index is 4.95. The Morgan fingerprint density at radius 1 is 1.00 bits per heavy atom. The predicted molar refractivity (Wildman–Crippen MR) is 113 cm³/mol. The molecule has 0 radical (unpaired) electrons. The quantitative estimate of drug-likeness (QED) is 0.822. The molecule has 0 spiro atoms. The molecule has 0 amide bonds. The summed E-state index contributed by atoms with van der Waals surface area (Å²) in [4.78, 5) is 16.8. The van der Waals surface area contributed by atoms with Crippen LogP contribution in [-0.4, -0.2) is 48.7 Å². The van der Waals surface area contributed by atoms with Gasteiger partial charge in [0.15, 0.2) is 0 Å². The molecule has 2 aromatic rings. The predicted octanol–water partition coefficient (Wildman–Crippen LogP) is 3.88. The SMILES string of the molecule is CCC1CCCCN1c1ccnc(N2CCN(c3cccc(C)c3)CC2)n1. The van der Waals surface area contributed by atoms with Crippen LogP contribution in [0.15, 0.2) is 36.5 Å². The summed E-state index contributed by atoms with van der Waals surface area (Å²) in [6.07, 6.45) is 7.02. The Bertz CT molecular complexity index is 754. The average Bonchev–Trinajstić information content (AvgIpc) is 2.74. The van der Waals surface area contributed by atoms with E-state index in [1.54, 1.807) is 0 Å². The molecular formula is C22H31N5. The van der Waals surface area contributed by atoms with Gasteiger partial charge in [0.05, 0.1) is 0 Å². The van der Waals surface area contributed by atoms with Crippen molar-refractivity contribution < 1.29 is 0 Å². The minimum atomic E-state index is 0.625. The van der Waals surface area contributed by atoms with E-state index in [4.69, 9.17) is 4.98 Å². The Hall–Kier alpha value is -2.30. The summed E-state index contributed by atoms with van der Waals surface area (Å²) >= 11 is 0. The highest BCUT2D eigenvalue weighted by molar-refractivity contribution is 5.51. The zero-order chi connectivity index (χ0) is 18.6. The second-order valence-corrected chi connectivity index (χ2v) is 7.78. The molecule has 1 atom stereocenters. The first-order valence-corrected chi connectivity index (χ1v) is 10.4. The molecule has 1 aromatic carbocycles. The third-order valence-corrected chi connectivity index (χ3v) is 5.95. The molecule has 0 saturated carbocycles. The number of aryl methyl sites for hydroxylation is 1. The van der Waals surface area contributed by atoms with E-state index in [0.29, 0.717) is 6.04 Å². The molecule has 2 aliphatic rings. The maximum atomic E-state index is 4.95. The number of piperazine rings is 1. The van der Waals surface area contributed by atoms with E-state index in [-0.39, 0.29) is 0 Å². The lowest BCUT2D eigenvalue weighted by molar-refractivity contribution is 0.446. The molecule has 5 nitrogen and oxygen atoms in total. The molecule has 0 aliphatic carbocycles. The number of benzene rings is 1. The summed E-state index contributed by atoms with van der Waals surface area (Å²) in [6.45, 7) is 9.52.